The monoisotopic (exact) mass is 321 g/mol. The van der Waals surface area contributed by atoms with Gasteiger partial charge in [0.2, 0.25) is 0 Å². The van der Waals surface area contributed by atoms with E-state index in [0.717, 1.165) is 18.1 Å². The maximum atomic E-state index is 5.56. The highest BCUT2D eigenvalue weighted by atomic mass is 127. The summed E-state index contributed by atoms with van der Waals surface area (Å²) < 4.78 is 1.30. The molecule has 0 aromatic heterocycles. The van der Waals surface area contributed by atoms with Crippen molar-refractivity contribution >= 4 is 34.4 Å². The Hall–Kier alpha value is 0.260. The lowest BCUT2D eigenvalue weighted by Crippen LogP contribution is -2.12. The van der Waals surface area contributed by atoms with E-state index >= 15 is 0 Å². The largest absolute Gasteiger partial charge is 0.330 e. The second-order valence-electron chi connectivity index (χ2n) is 3.48. The zero-order valence-corrected chi connectivity index (χ0v) is 11.3. The molecule has 0 radical (unpaired) electrons. The fraction of sp³-hybridized carbons (Fsp3) is 0.455. The molecule has 0 aliphatic heterocycles. The SMILES string of the molecule is CC(CN)CSCc1ccc(I)cc1. The lowest BCUT2D eigenvalue weighted by Gasteiger charge is -2.07. The fourth-order valence-corrected chi connectivity index (χ4v) is 2.47. The van der Waals surface area contributed by atoms with Gasteiger partial charge in [-0.3, -0.25) is 0 Å². The van der Waals surface area contributed by atoms with Crippen LogP contribution < -0.4 is 5.73 Å². The average Bonchev–Trinajstić information content (AvgIpc) is 2.21. The third-order valence-corrected chi connectivity index (χ3v) is 4.05. The number of halogens is 1. The van der Waals surface area contributed by atoms with Crippen LogP contribution in [0.25, 0.3) is 0 Å². The molecular weight excluding hydrogens is 305 g/mol. The predicted octanol–water partition coefficient (Wildman–Crippen LogP) is 3.12. The van der Waals surface area contributed by atoms with Gasteiger partial charge >= 0.3 is 0 Å². The number of hydrogen-bond acceptors (Lipinski definition) is 2. The second kappa shape index (κ2) is 6.69. The summed E-state index contributed by atoms with van der Waals surface area (Å²) in [5.74, 6) is 2.88. The Kier molecular flexibility index (Phi) is 5.89. The van der Waals surface area contributed by atoms with Crippen LogP contribution in [0, 0.1) is 9.49 Å². The molecule has 0 saturated carbocycles. The molecule has 1 atom stereocenters. The zero-order chi connectivity index (χ0) is 10.4. The van der Waals surface area contributed by atoms with Crippen LogP contribution >= 0.6 is 34.4 Å². The van der Waals surface area contributed by atoms with Gasteiger partial charge < -0.3 is 5.73 Å². The first kappa shape index (κ1) is 12.3. The molecule has 1 nitrogen and oxygen atoms in total. The van der Waals surface area contributed by atoms with Crippen LogP contribution in [0.3, 0.4) is 0 Å². The number of hydrogen-bond donors (Lipinski definition) is 1. The molecule has 0 saturated heterocycles. The zero-order valence-electron chi connectivity index (χ0n) is 8.37. The van der Waals surface area contributed by atoms with Crippen molar-refractivity contribution in [3.63, 3.8) is 0 Å². The lowest BCUT2D eigenvalue weighted by atomic mass is 10.2. The van der Waals surface area contributed by atoms with Gasteiger partial charge in [0.1, 0.15) is 0 Å². The molecule has 14 heavy (non-hydrogen) atoms. The first-order valence-corrected chi connectivity index (χ1v) is 6.98. The van der Waals surface area contributed by atoms with Gasteiger partial charge in [0.15, 0.2) is 0 Å². The van der Waals surface area contributed by atoms with Crippen LogP contribution in [0.2, 0.25) is 0 Å². The topological polar surface area (TPSA) is 26.0 Å². The van der Waals surface area contributed by atoms with Crippen molar-refractivity contribution in [1.29, 1.82) is 0 Å². The molecule has 0 fully saturated rings. The van der Waals surface area contributed by atoms with E-state index in [9.17, 15) is 0 Å². The molecule has 2 N–H and O–H groups in total. The number of thioether (sulfide) groups is 1. The van der Waals surface area contributed by atoms with Crippen LogP contribution in [-0.2, 0) is 5.75 Å². The number of benzene rings is 1. The van der Waals surface area contributed by atoms with Crippen molar-refractivity contribution in [1.82, 2.24) is 0 Å². The maximum Gasteiger partial charge on any atom is 0.0184 e. The Bertz CT molecular complexity index is 260. The highest BCUT2D eigenvalue weighted by Gasteiger charge is 1.99. The summed E-state index contributed by atoms with van der Waals surface area (Å²) in [4.78, 5) is 0. The van der Waals surface area contributed by atoms with Crippen LogP contribution in [0.1, 0.15) is 12.5 Å². The summed E-state index contributed by atoms with van der Waals surface area (Å²) in [5.41, 5.74) is 6.96. The van der Waals surface area contributed by atoms with Crippen LogP contribution in [-0.4, -0.2) is 12.3 Å². The molecule has 3 heteroatoms. The molecule has 1 unspecified atom stereocenters. The van der Waals surface area contributed by atoms with Gasteiger partial charge in [-0.25, -0.2) is 0 Å². The first-order chi connectivity index (χ1) is 6.72. The van der Waals surface area contributed by atoms with E-state index in [1.807, 2.05) is 11.8 Å². The van der Waals surface area contributed by atoms with Crippen molar-refractivity contribution in [2.45, 2.75) is 12.7 Å². The van der Waals surface area contributed by atoms with E-state index in [2.05, 4.69) is 53.8 Å². The van der Waals surface area contributed by atoms with Gasteiger partial charge in [0.25, 0.3) is 0 Å². The Morgan fingerprint density at radius 3 is 2.57 bits per heavy atom. The third kappa shape index (κ3) is 4.66. The van der Waals surface area contributed by atoms with Crippen molar-refractivity contribution in [3.05, 3.63) is 33.4 Å². The minimum absolute atomic E-state index is 0.629. The standard InChI is InChI=1S/C11H16INS/c1-9(6-13)7-14-8-10-2-4-11(12)5-3-10/h2-5,9H,6-8,13H2,1H3. The molecule has 1 aromatic carbocycles. The number of nitrogens with two attached hydrogens (primary N) is 1. The van der Waals surface area contributed by atoms with E-state index in [4.69, 9.17) is 5.73 Å². The van der Waals surface area contributed by atoms with Gasteiger partial charge in [-0.2, -0.15) is 11.8 Å². The maximum absolute atomic E-state index is 5.56. The fourth-order valence-electron chi connectivity index (χ4n) is 1.03. The number of rotatable bonds is 5. The van der Waals surface area contributed by atoms with Gasteiger partial charge in [-0.1, -0.05) is 19.1 Å². The summed E-state index contributed by atoms with van der Waals surface area (Å²) in [6, 6.07) is 8.70. The smallest absolute Gasteiger partial charge is 0.0184 e. The third-order valence-electron chi connectivity index (χ3n) is 1.99. The summed E-state index contributed by atoms with van der Waals surface area (Å²) in [7, 11) is 0. The van der Waals surface area contributed by atoms with E-state index in [-0.39, 0.29) is 0 Å². The Morgan fingerprint density at radius 2 is 2.00 bits per heavy atom. The summed E-state index contributed by atoms with van der Waals surface area (Å²) in [6.45, 7) is 2.99. The van der Waals surface area contributed by atoms with Crippen molar-refractivity contribution in [3.8, 4) is 0 Å². The minimum Gasteiger partial charge on any atom is -0.330 e. The average molecular weight is 321 g/mol. The second-order valence-corrected chi connectivity index (χ2v) is 5.76. The van der Waals surface area contributed by atoms with Gasteiger partial charge in [-0.05, 0) is 58.5 Å². The normalized spacial score (nSPS) is 12.8. The summed E-state index contributed by atoms with van der Waals surface area (Å²) >= 11 is 4.29. The van der Waals surface area contributed by atoms with Crippen molar-refractivity contribution < 1.29 is 0 Å². The molecule has 1 aromatic rings. The van der Waals surface area contributed by atoms with Gasteiger partial charge in [0, 0.05) is 9.32 Å². The van der Waals surface area contributed by atoms with Crippen LogP contribution in [0.15, 0.2) is 24.3 Å². The quantitative estimate of drug-likeness (QED) is 0.843. The Labute approximate surface area is 104 Å². The molecule has 0 heterocycles. The molecule has 78 valence electrons. The highest BCUT2D eigenvalue weighted by Crippen LogP contribution is 2.16. The van der Waals surface area contributed by atoms with Crippen LogP contribution in [0.4, 0.5) is 0 Å². The lowest BCUT2D eigenvalue weighted by molar-refractivity contribution is 0.675. The Morgan fingerprint density at radius 1 is 1.36 bits per heavy atom. The molecule has 0 amide bonds. The van der Waals surface area contributed by atoms with E-state index in [1.165, 1.54) is 9.13 Å². The first-order valence-electron chi connectivity index (χ1n) is 4.74. The molecule has 0 spiro atoms. The Balaban J connectivity index is 2.28. The summed E-state index contributed by atoms with van der Waals surface area (Å²) in [6.07, 6.45) is 0. The van der Waals surface area contributed by atoms with Crippen molar-refractivity contribution in [2.24, 2.45) is 11.7 Å². The van der Waals surface area contributed by atoms with Gasteiger partial charge in [0.05, 0.1) is 0 Å². The summed E-state index contributed by atoms with van der Waals surface area (Å²) in [5, 5.41) is 0. The molecule has 0 aliphatic rings. The van der Waals surface area contributed by atoms with E-state index in [0.29, 0.717) is 5.92 Å². The highest BCUT2D eigenvalue weighted by molar-refractivity contribution is 14.1. The van der Waals surface area contributed by atoms with Gasteiger partial charge in [-0.15, -0.1) is 0 Å². The molecule has 1 rings (SSSR count). The van der Waals surface area contributed by atoms with E-state index in [1.54, 1.807) is 0 Å². The molecular formula is C11H16INS. The molecule has 0 bridgehead atoms. The van der Waals surface area contributed by atoms with Crippen molar-refractivity contribution in [2.75, 3.05) is 12.3 Å². The van der Waals surface area contributed by atoms with Crippen LogP contribution in [0.5, 0.6) is 0 Å². The predicted molar refractivity (Wildman–Crippen MR) is 73.5 cm³/mol. The molecule has 0 aliphatic carbocycles. The van der Waals surface area contributed by atoms with E-state index < -0.39 is 0 Å². The minimum atomic E-state index is 0.629.